The molecule has 0 amide bonds. The topological polar surface area (TPSA) is 12.0 Å². The SMILES string of the molecule is CCNCC1CCCC1c1ccc(C)c(F)c1F. The molecule has 1 fully saturated rings. The lowest BCUT2D eigenvalue weighted by atomic mass is 9.88. The third kappa shape index (κ3) is 2.56. The van der Waals surface area contributed by atoms with Gasteiger partial charge in [-0.2, -0.15) is 0 Å². The molecular weight excluding hydrogens is 232 g/mol. The van der Waals surface area contributed by atoms with Crippen LogP contribution >= 0.6 is 0 Å². The van der Waals surface area contributed by atoms with Crippen LogP contribution in [0.2, 0.25) is 0 Å². The van der Waals surface area contributed by atoms with Gasteiger partial charge in [0.15, 0.2) is 11.6 Å². The minimum atomic E-state index is -0.679. The molecule has 0 spiro atoms. The molecule has 100 valence electrons. The second kappa shape index (κ2) is 5.79. The van der Waals surface area contributed by atoms with Crippen molar-refractivity contribution in [3.63, 3.8) is 0 Å². The summed E-state index contributed by atoms with van der Waals surface area (Å²) in [5.41, 5.74) is 0.955. The first-order chi connectivity index (χ1) is 8.65. The number of halogens is 2. The van der Waals surface area contributed by atoms with E-state index in [2.05, 4.69) is 12.2 Å². The third-order valence-electron chi connectivity index (χ3n) is 4.02. The van der Waals surface area contributed by atoms with E-state index in [0.29, 0.717) is 17.0 Å². The molecule has 0 aliphatic heterocycles. The predicted molar refractivity (Wildman–Crippen MR) is 69.7 cm³/mol. The summed E-state index contributed by atoms with van der Waals surface area (Å²) in [6.45, 7) is 5.49. The number of benzene rings is 1. The fraction of sp³-hybridized carbons (Fsp3) is 0.600. The average molecular weight is 253 g/mol. The fourth-order valence-electron chi connectivity index (χ4n) is 2.97. The van der Waals surface area contributed by atoms with Gasteiger partial charge in [0.2, 0.25) is 0 Å². The minimum Gasteiger partial charge on any atom is -0.317 e. The number of nitrogens with one attached hydrogen (secondary N) is 1. The van der Waals surface area contributed by atoms with Crippen molar-refractivity contribution in [3.8, 4) is 0 Å². The van der Waals surface area contributed by atoms with E-state index in [-0.39, 0.29) is 5.92 Å². The molecule has 1 aliphatic carbocycles. The highest BCUT2D eigenvalue weighted by Crippen LogP contribution is 2.40. The lowest BCUT2D eigenvalue weighted by Gasteiger charge is -2.21. The Morgan fingerprint density at radius 3 is 2.72 bits per heavy atom. The minimum absolute atomic E-state index is 0.166. The number of aryl methyl sites for hydroxylation is 1. The van der Waals surface area contributed by atoms with Gasteiger partial charge in [0, 0.05) is 0 Å². The van der Waals surface area contributed by atoms with Crippen LogP contribution in [-0.4, -0.2) is 13.1 Å². The largest absolute Gasteiger partial charge is 0.317 e. The Kier molecular flexibility index (Phi) is 4.33. The van der Waals surface area contributed by atoms with Gasteiger partial charge in [-0.25, -0.2) is 8.78 Å². The van der Waals surface area contributed by atoms with E-state index in [1.165, 1.54) is 0 Å². The first kappa shape index (κ1) is 13.5. The molecule has 1 N–H and O–H groups in total. The predicted octanol–water partition coefficient (Wildman–Crippen LogP) is 3.77. The Morgan fingerprint density at radius 1 is 1.22 bits per heavy atom. The van der Waals surface area contributed by atoms with E-state index >= 15 is 0 Å². The molecular formula is C15H21F2N. The highest BCUT2D eigenvalue weighted by atomic mass is 19.2. The van der Waals surface area contributed by atoms with Crippen molar-refractivity contribution in [1.29, 1.82) is 0 Å². The standard InChI is InChI=1S/C15H21F2N/c1-3-18-9-11-5-4-6-12(11)13-8-7-10(2)14(16)15(13)17/h7-8,11-12,18H,3-6,9H2,1-2H3. The Bertz CT molecular complexity index is 417. The molecule has 1 saturated carbocycles. The Morgan fingerprint density at radius 2 is 2.00 bits per heavy atom. The van der Waals surface area contributed by atoms with Crippen LogP contribution in [-0.2, 0) is 0 Å². The maximum absolute atomic E-state index is 14.0. The lowest BCUT2D eigenvalue weighted by Crippen LogP contribution is -2.24. The van der Waals surface area contributed by atoms with Gasteiger partial charge >= 0.3 is 0 Å². The van der Waals surface area contributed by atoms with Crippen molar-refractivity contribution >= 4 is 0 Å². The molecule has 1 nitrogen and oxygen atoms in total. The maximum Gasteiger partial charge on any atom is 0.162 e. The smallest absolute Gasteiger partial charge is 0.162 e. The summed E-state index contributed by atoms with van der Waals surface area (Å²) in [4.78, 5) is 0. The zero-order valence-corrected chi connectivity index (χ0v) is 11.1. The van der Waals surface area contributed by atoms with Crippen molar-refractivity contribution in [3.05, 3.63) is 34.9 Å². The molecule has 1 aliphatic rings. The second-order valence-electron chi connectivity index (χ2n) is 5.20. The average Bonchev–Trinajstić information content (AvgIpc) is 2.82. The van der Waals surface area contributed by atoms with Crippen molar-refractivity contribution < 1.29 is 8.78 Å². The Balaban J connectivity index is 2.22. The number of hydrogen-bond acceptors (Lipinski definition) is 1. The quantitative estimate of drug-likeness (QED) is 0.861. The van der Waals surface area contributed by atoms with Crippen LogP contribution in [0, 0.1) is 24.5 Å². The molecule has 0 bridgehead atoms. The summed E-state index contributed by atoms with van der Waals surface area (Å²) in [5.74, 6) is -0.717. The molecule has 18 heavy (non-hydrogen) atoms. The van der Waals surface area contributed by atoms with Gasteiger partial charge < -0.3 is 5.32 Å². The van der Waals surface area contributed by atoms with Crippen LogP contribution in [0.15, 0.2) is 12.1 Å². The van der Waals surface area contributed by atoms with Gasteiger partial charge in [0.25, 0.3) is 0 Å². The lowest BCUT2D eigenvalue weighted by molar-refractivity contribution is 0.423. The van der Waals surface area contributed by atoms with Gasteiger partial charge in [-0.1, -0.05) is 25.5 Å². The summed E-state index contributed by atoms with van der Waals surface area (Å²) >= 11 is 0. The summed E-state index contributed by atoms with van der Waals surface area (Å²) in [7, 11) is 0. The number of hydrogen-bond donors (Lipinski definition) is 1. The van der Waals surface area contributed by atoms with E-state index in [1.54, 1.807) is 19.1 Å². The van der Waals surface area contributed by atoms with Gasteiger partial charge in [0.1, 0.15) is 0 Å². The van der Waals surface area contributed by atoms with E-state index in [9.17, 15) is 8.78 Å². The molecule has 0 aromatic heterocycles. The summed E-state index contributed by atoms with van der Waals surface area (Å²) in [5, 5.41) is 3.32. The van der Waals surface area contributed by atoms with Crippen LogP contribution in [0.5, 0.6) is 0 Å². The molecule has 2 atom stereocenters. The van der Waals surface area contributed by atoms with Gasteiger partial charge in [-0.3, -0.25) is 0 Å². The summed E-state index contributed by atoms with van der Waals surface area (Å²) in [6.07, 6.45) is 3.18. The Hall–Kier alpha value is -0.960. The maximum atomic E-state index is 14.0. The monoisotopic (exact) mass is 253 g/mol. The molecule has 0 radical (unpaired) electrons. The molecule has 0 saturated heterocycles. The Labute approximate surface area is 108 Å². The summed E-state index contributed by atoms with van der Waals surface area (Å²) < 4.78 is 27.6. The van der Waals surface area contributed by atoms with Gasteiger partial charge in [-0.15, -0.1) is 0 Å². The summed E-state index contributed by atoms with van der Waals surface area (Å²) in [6, 6.07) is 3.46. The van der Waals surface area contributed by atoms with Crippen LogP contribution < -0.4 is 5.32 Å². The third-order valence-corrected chi connectivity index (χ3v) is 4.02. The van der Waals surface area contributed by atoms with Crippen LogP contribution in [0.25, 0.3) is 0 Å². The van der Waals surface area contributed by atoms with E-state index in [4.69, 9.17) is 0 Å². The van der Waals surface area contributed by atoms with E-state index < -0.39 is 11.6 Å². The van der Waals surface area contributed by atoms with Crippen molar-refractivity contribution in [2.45, 2.75) is 39.0 Å². The molecule has 3 heteroatoms. The highest BCUT2D eigenvalue weighted by molar-refractivity contribution is 5.29. The first-order valence-corrected chi connectivity index (χ1v) is 6.80. The van der Waals surface area contributed by atoms with Crippen LogP contribution in [0.4, 0.5) is 8.78 Å². The van der Waals surface area contributed by atoms with Gasteiger partial charge in [-0.05, 0) is 55.8 Å². The first-order valence-electron chi connectivity index (χ1n) is 6.80. The number of rotatable bonds is 4. The molecule has 2 unspecified atom stereocenters. The van der Waals surface area contributed by atoms with Crippen molar-refractivity contribution in [2.75, 3.05) is 13.1 Å². The fourth-order valence-corrected chi connectivity index (χ4v) is 2.97. The zero-order valence-electron chi connectivity index (χ0n) is 11.1. The second-order valence-corrected chi connectivity index (χ2v) is 5.20. The van der Waals surface area contributed by atoms with E-state index in [0.717, 1.165) is 32.4 Å². The van der Waals surface area contributed by atoms with E-state index in [1.807, 2.05) is 0 Å². The van der Waals surface area contributed by atoms with Crippen LogP contribution in [0.3, 0.4) is 0 Å². The molecule has 1 aromatic rings. The van der Waals surface area contributed by atoms with Gasteiger partial charge in [0.05, 0.1) is 0 Å². The van der Waals surface area contributed by atoms with Crippen molar-refractivity contribution in [1.82, 2.24) is 5.32 Å². The molecule has 2 rings (SSSR count). The van der Waals surface area contributed by atoms with Crippen molar-refractivity contribution in [2.24, 2.45) is 5.92 Å². The zero-order chi connectivity index (χ0) is 13.1. The highest BCUT2D eigenvalue weighted by Gasteiger charge is 2.31. The molecule has 1 aromatic carbocycles. The molecule has 0 heterocycles. The normalized spacial score (nSPS) is 23.6. The van der Waals surface area contributed by atoms with Crippen LogP contribution in [0.1, 0.15) is 43.2 Å².